The van der Waals surface area contributed by atoms with E-state index in [4.69, 9.17) is 5.11 Å². The summed E-state index contributed by atoms with van der Waals surface area (Å²) in [5, 5.41) is 8.82. The summed E-state index contributed by atoms with van der Waals surface area (Å²) >= 11 is 0. The number of rotatable bonds is 54. The van der Waals surface area contributed by atoms with Gasteiger partial charge in [0, 0.05) is 0 Å². The van der Waals surface area contributed by atoms with E-state index in [1.807, 2.05) is 6.92 Å². The molecule has 0 bridgehead atoms. The van der Waals surface area contributed by atoms with Gasteiger partial charge in [-0.15, -0.1) is 0 Å². The Morgan fingerprint density at radius 3 is 0.405 bits per heavy atom. The van der Waals surface area contributed by atoms with Crippen LogP contribution in [0.3, 0.4) is 0 Å². The highest BCUT2D eigenvalue weighted by molar-refractivity contribution is 5.10. The van der Waals surface area contributed by atoms with Gasteiger partial charge in [-0.3, -0.25) is 0 Å². The Labute approximate surface area is 798 Å². The molecule has 0 unspecified atom stereocenters. The minimum atomic E-state index is 0.191. The van der Waals surface area contributed by atoms with E-state index in [1.54, 1.807) is 27.9 Å². The van der Waals surface area contributed by atoms with Gasteiger partial charge in [-0.1, -0.05) is 348 Å². The van der Waals surface area contributed by atoms with E-state index in [2.05, 4.69) is 407 Å². The second kappa shape index (κ2) is 101. The van der Waals surface area contributed by atoms with Crippen LogP contribution in [0.4, 0.5) is 0 Å². The molecule has 0 saturated carbocycles. The van der Waals surface area contributed by atoms with Crippen molar-refractivity contribution in [3.63, 3.8) is 0 Å². The third kappa shape index (κ3) is 148. The van der Waals surface area contributed by atoms with Gasteiger partial charge in [0.05, 0.1) is 6.61 Å². The van der Waals surface area contributed by atoms with E-state index in [0.717, 1.165) is 71.7 Å². The van der Waals surface area contributed by atoms with E-state index in [1.165, 1.54) is 279 Å². The molecule has 0 atom stereocenters. The van der Waals surface area contributed by atoms with Crippen molar-refractivity contribution >= 4 is 0 Å². The maximum Gasteiger partial charge on any atom is 0.0639 e. The van der Waals surface area contributed by atoms with Crippen LogP contribution in [0.25, 0.3) is 0 Å². The van der Waals surface area contributed by atoms with Crippen LogP contribution < -0.4 is 0 Å². The van der Waals surface area contributed by atoms with Crippen molar-refractivity contribution in [3.05, 3.63) is 210 Å². The van der Waals surface area contributed by atoms with E-state index < -0.39 is 0 Å². The van der Waals surface area contributed by atoms with Crippen LogP contribution in [0.1, 0.15) is 529 Å². The summed E-state index contributed by atoms with van der Waals surface area (Å²) in [4.78, 5) is 0. The first-order chi connectivity index (χ1) is 58.8. The van der Waals surface area contributed by atoms with Crippen molar-refractivity contribution in [2.24, 2.45) is 53.3 Å². The first-order valence-corrected chi connectivity index (χ1v) is 52.1. The molecule has 1 N–H and O–H groups in total. The van der Waals surface area contributed by atoms with Crippen molar-refractivity contribution in [1.82, 2.24) is 0 Å². The average Bonchev–Trinajstić information content (AvgIpc) is 1.04. The van der Waals surface area contributed by atoms with Gasteiger partial charge in [-0.05, 0) is 444 Å². The molecule has 0 aromatic rings. The Kier molecular flexibility index (Phi) is 111. The molecule has 738 valence electrons. The monoisotopic (exact) mass is 1750 g/mol. The van der Waals surface area contributed by atoms with Crippen molar-refractivity contribution in [2.45, 2.75) is 529 Å². The lowest BCUT2D eigenvalue weighted by Crippen LogP contribution is -1.86. The summed E-state index contributed by atoms with van der Waals surface area (Å²) in [6.07, 6.45) is 85.2. The molecule has 0 aromatic carbocycles. The van der Waals surface area contributed by atoms with Crippen molar-refractivity contribution in [1.29, 1.82) is 0 Å². The molecule has 1 heteroatoms. The molecule has 0 aliphatic carbocycles. The lowest BCUT2D eigenvalue weighted by molar-refractivity contribution is 0.331. The molecule has 0 aliphatic rings. The predicted molar refractivity (Wildman–Crippen MR) is 595 cm³/mol. The van der Waals surface area contributed by atoms with Crippen LogP contribution in [0.5, 0.6) is 0 Å². The maximum atomic E-state index is 8.82. The molecule has 1 nitrogen and oxygen atoms in total. The molecule has 0 saturated heterocycles. The molecule has 0 amide bonds. The standard InChI is InChI=1S/2C15H28.C14H26O.3C14H26.3C13H24/c2*1-6-14(4)10-8-12-15(5)11-7-9-13(2)3;1-12(2)7-5-8-13(3)9-6-10-14(4)11-15;3*1-12(2)8-6-10-14(5)11-7-9-13(3)4;3*1-11(2)7-6-8-13(5)10-9-12(3)4/h2*10-11,13H,6-9,12H2,1-5H3;8,10,12,15H,5-7,9,11H2,1-4H3;3*8,11,13H,6-7,9-10H2,1-5H3;3*7,10,12H,6,8-9H2,1-5H3/b14-10+,15-11?;14-10+,15-11+;13-8-,14-10+;14-11+;14-11-;;13-10+;13-10-;. The summed E-state index contributed by atoms with van der Waals surface area (Å²) < 4.78 is 0. The molecule has 0 rings (SSSR count). The minimum Gasteiger partial charge on any atom is -0.392 e. The Balaban J connectivity index is -0.000000175. The summed E-state index contributed by atoms with van der Waals surface area (Å²) in [5.74, 6) is 7.32. The highest BCUT2D eigenvalue weighted by Gasteiger charge is 2.02. The topological polar surface area (TPSA) is 20.2 Å². The van der Waals surface area contributed by atoms with Gasteiger partial charge in [0.25, 0.3) is 0 Å². The Hall–Kier alpha value is -4.72. The molecular formula is C125H232O. The SMILES string of the molecule is C/C(=C/CCC(C)C)CC/C=C(\C)CO.CC(C)=CCC/C(C)=C/CC(C)C.CC(C)=CCC/C(C)=C/CCC(C)C.CC(C)=CCC/C(C)=C\CC(C)C.CC(C)=CCC/C(C)=C\CCC(C)C.CC(C)=CCCC(C)=CCC(C)C.CC(C)=CCCC(C)=CCCC(C)C.CC/C(C)=C/CC/C(C)=C/CCC(C)C.CC/C(C)=C/CCC(C)=CCCC(C)C. The van der Waals surface area contributed by atoms with E-state index >= 15 is 0 Å². The summed E-state index contributed by atoms with van der Waals surface area (Å²) in [5.41, 5.74) is 26.5. The molecular weight excluding hydrogens is 1520 g/mol. The van der Waals surface area contributed by atoms with Crippen LogP contribution in [0.2, 0.25) is 0 Å². The summed E-state index contributed by atoms with van der Waals surface area (Å²) in [6, 6.07) is 0. The molecule has 0 aromatic heterocycles. The second-order valence-corrected chi connectivity index (χ2v) is 42.7. The third-order valence-electron chi connectivity index (χ3n) is 21.2. The third-order valence-corrected chi connectivity index (χ3v) is 21.2. The van der Waals surface area contributed by atoms with Gasteiger partial charge in [0.15, 0.2) is 0 Å². The maximum absolute atomic E-state index is 8.82. The van der Waals surface area contributed by atoms with Crippen molar-refractivity contribution < 1.29 is 5.11 Å². The van der Waals surface area contributed by atoms with E-state index in [-0.39, 0.29) is 6.61 Å². The average molecular weight is 1750 g/mol. The van der Waals surface area contributed by atoms with Crippen LogP contribution >= 0.6 is 0 Å². The number of hydrogen-bond donors (Lipinski definition) is 1. The first-order valence-electron chi connectivity index (χ1n) is 52.1. The van der Waals surface area contributed by atoms with Crippen molar-refractivity contribution in [3.8, 4) is 0 Å². The minimum absolute atomic E-state index is 0.191. The molecule has 0 radical (unpaired) electrons. The number of allylic oxidation sites excluding steroid dienone is 35. The molecule has 0 heterocycles. The fraction of sp³-hybridized carbons (Fsp3) is 0.712. The second-order valence-electron chi connectivity index (χ2n) is 42.7. The lowest BCUT2D eigenvalue weighted by Gasteiger charge is -2.02. The fourth-order valence-corrected chi connectivity index (χ4v) is 11.7. The Morgan fingerprint density at radius 2 is 0.286 bits per heavy atom. The molecule has 0 spiro atoms. The fourth-order valence-electron chi connectivity index (χ4n) is 11.7. The van der Waals surface area contributed by atoms with Crippen LogP contribution in [-0.2, 0) is 0 Å². The quantitative estimate of drug-likeness (QED) is 0.0602. The molecule has 0 aliphatic heterocycles. The Bertz CT molecular complexity index is 2720. The van der Waals surface area contributed by atoms with Gasteiger partial charge < -0.3 is 5.11 Å². The first kappa shape index (κ1) is 139. The van der Waals surface area contributed by atoms with Crippen LogP contribution in [0.15, 0.2) is 210 Å². The van der Waals surface area contributed by atoms with Crippen LogP contribution in [-0.4, -0.2) is 11.7 Å². The van der Waals surface area contributed by atoms with Gasteiger partial charge in [-0.2, -0.15) is 0 Å². The van der Waals surface area contributed by atoms with E-state index in [9.17, 15) is 0 Å². The summed E-state index contributed by atoms with van der Waals surface area (Å²) in [6.45, 7) is 98.1. The van der Waals surface area contributed by atoms with Crippen molar-refractivity contribution in [2.75, 3.05) is 6.61 Å². The molecule has 0 fully saturated rings. The van der Waals surface area contributed by atoms with Crippen LogP contribution in [0, 0.1) is 53.3 Å². The van der Waals surface area contributed by atoms with Gasteiger partial charge in [-0.25, -0.2) is 0 Å². The summed E-state index contributed by atoms with van der Waals surface area (Å²) in [7, 11) is 0. The van der Waals surface area contributed by atoms with Gasteiger partial charge in [0.2, 0.25) is 0 Å². The van der Waals surface area contributed by atoms with Gasteiger partial charge in [0.1, 0.15) is 0 Å². The molecule has 126 heavy (non-hydrogen) atoms. The highest BCUT2D eigenvalue weighted by atomic mass is 16.3. The predicted octanol–water partition coefficient (Wildman–Crippen LogP) is 44.6. The smallest absolute Gasteiger partial charge is 0.0639 e. The largest absolute Gasteiger partial charge is 0.392 e. The number of hydrogen-bond acceptors (Lipinski definition) is 1. The number of aliphatic hydroxyl groups excluding tert-OH is 1. The zero-order chi connectivity index (χ0) is 98.8. The zero-order valence-electron chi connectivity index (χ0n) is 94.5. The highest BCUT2D eigenvalue weighted by Crippen LogP contribution is 2.20. The number of aliphatic hydroxyl groups is 1. The van der Waals surface area contributed by atoms with E-state index in [0.29, 0.717) is 0 Å². The normalized spacial score (nSPS) is 12.6. The Morgan fingerprint density at radius 1 is 0.159 bits per heavy atom. The zero-order valence-corrected chi connectivity index (χ0v) is 94.5. The van der Waals surface area contributed by atoms with Gasteiger partial charge >= 0.3 is 0 Å². The lowest BCUT2D eigenvalue weighted by atomic mass is 10.0.